The molecule has 98 valence electrons. The Morgan fingerprint density at radius 3 is 2.56 bits per heavy atom. The molecule has 0 spiro atoms. The lowest BCUT2D eigenvalue weighted by Crippen LogP contribution is -2.30. The summed E-state index contributed by atoms with van der Waals surface area (Å²) in [4.78, 5) is 2.49. The fraction of sp³-hybridized carbons (Fsp3) is 0.600. The molecule has 1 aliphatic heterocycles. The molecule has 1 unspecified atom stereocenters. The van der Waals surface area contributed by atoms with Crippen molar-refractivity contribution in [2.24, 2.45) is 11.8 Å². The van der Waals surface area contributed by atoms with Crippen molar-refractivity contribution in [2.45, 2.75) is 25.4 Å². The zero-order chi connectivity index (χ0) is 12.5. The highest BCUT2D eigenvalue weighted by molar-refractivity contribution is 6.31. The minimum absolute atomic E-state index is 0.735. The van der Waals surface area contributed by atoms with Crippen LogP contribution in [0.25, 0.3) is 0 Å². The van der Waals surface area contributed by atoms with Gasteiger partial charge in [0.25, 0.3) is 0 Å². The minimum Gasteiger partial charge on any atom is -0.316 e. The van der Waals surface area contributed by atoms with Gasteiger partial charge in [0.15, 0.2) is 0 Å². The first-order chi connectivity index (χ1) is 8.74. The van der Waals surface area contributed by atoms with Gasteiger partial charge in [0.05, 0.1) is 0 Å². The fourth-order valence-electron chi connectivity index (χ4n) is 3.52. The number of benzene rings is 1. The zero-order valence-electron chi connectivity index (χ0n) is 10.9. The maximum Gasteiger partial charge on any atom is 0.0451 e. The number of rotatable bonds is 3. The monoisotopic (exact) mass is 264 g/mol. The van der Waals surface area contributed by atoms with E-state index in [0.29, 0.717) is 0 Å². The van der Waals surface area contributed by atoms with Crippen LogP contribution in [0.2, 0.25) is 5.02 Å². The lowest BCUT2D eigenvalue weighted by Gasteiger charge is -2.25. The smallest absolute Gasteiger partial charge is 0.0451 e. The first kappa shape index (κ1) is 12.5. The summed E-state index contributed by atoms with van der Waals surface area (Å²) in [6.07, 6.45) is 2.69. The average Bonchev–Trinajstić information content (AvgIpc) is 2.92. The molecule has 1 saturated carbocycles. The third-order valence-corrected chi connectivity index (χ3v) is 5.00. The van der Waals surface area contributed by atoms with Crippen molar-refractivity contribution in [1.29, 1.82) is 0 Å². The molecule has 1 heterocycles. The summed E-state index contributed by atoms with van der Waals surface area (Å²) in [5.41, 5.74) is 1.25. The summed E-state index contributed by atoms with van der Waals surface area (Å²) < 4.78 is 0. The number of hydrogen-bond acceptors (Lipinski definition) is 2. The van der Waals surface area contributed by atoms with Crippen LogP contribution in [0.5, 0.6) is 0 Å². The van der Waals surface area contributed by atoms with Crippen LogP contribution in [-0.2, 0) is 6.54 Å². The summed E-state index contributed by atoms with van der Waals surface area (Å²) in [5.74, 6) is 1.81. The highest BCUT2D eigenvalue weighted by atomic mass is 35.5. The van der Waals surface area contributed by atoms with Gasteiger partial charge in [-0.1, -0.05) is 29.8 Å². The van der Waals surface area contributed by atoms with E-state index in [0.717, 1.165) is 29.4 Å². The van der Waals surface area contributed by atoms with Crippen LogP contribution in [0.4, 0.5) is 0 Å². The first-order valence-corrected chi connectivity index (χ1v) is 7.26. The Morgan fingerprint density at radius 2 is 1.89 bits per heavy atom. The molecule has 0 amide bonds. The minimum atomic E-state index is 0.735. The molecule has 1 N–H and O–H groups in total. The number of nitrogens with one attached hydrogen (secondary N) is 1. The number of nitrogens with zero attached hydrogens (tertiary/aromatic N) is 1. The van der Waals surface area contributed by atoms with Crippen molar-refractivity contribution in [2.75, 3.05) is 20.1 Å². The molecule has 1 aliphatic carbocycles. The van der Waals surface area contributed by atoms with Crippen LogP contribution < -0.4 is 5.32 Å². The van der Waals surface area contributed by atoms with Crippen molar-refractivity contribution in [3.05, 3.63) is 34.9 Å². The fourth-order valence-corrected chi connectivity index (χ4v) is 3.71. The molecule has 3 rings (SSSR count). The van der Waals surface area contributed by atoms with Crippen molar-refractivity contribution >= 4 is 11.6 Å². The van der Waals surface area contributed by atoms with Crippen LogP contribution in [0, 0.1) is 11.8 Å². The lowest BCUT2D eigenvalue weighted by molar-refractivity contribution is 0.227. The highest BCUT2D eigenvalue weighted by Gasteiger charge is 2.38. The van der Waals surface area contributed by atoms with Gasteiger partial charge in [-0.25, -0.2) is 0 Å². The van der Waals surface area contributed by atoms with Crippen molar-refractivity contribution < 1.29 is 0 Å². The maximum absolute atomic E-state index is 6.23. The van der Waals surface area contributed by atoms with Crippen LogP contribution >= 0.6 is 11.6 Å². The Kier molecular flexibility index (Phi) is 3.60. The van der Waals surface area contributed by atoms with E-state index in [-0.39, 0.29) is 0 Å². The summed E-state index contributed by atoms with van der Waals surface area (Å²) in [6, 6.07) is 8.92. The second kappa shape index (κ2) is 5.20. The topological polar surface area (TPSA) is 15.3 Å². The van der Waals surface area contributed by atoms with E-state index in [1.54, 1.807) is 0 Å². The van der Waals surface area contributed by atoms with E-state index < -0.39 is 0 Å². The van der Waals surface area contributed by atoms with Gasteiger partial charge in [-0.05, 0) is 56.4 Å². The second-order valence-electron chi connectivity index (χ2n) is 5.81. The highest BCUT2D eigenvalue weighted by Crippen LogP contribution is 2.37. The predicted molar refractivity (Wildman–Crippen MR) is 75.8 cm³/mol. The van der Waals surface area contributed by atoms with E-state index in [4.69, 9.17) is 11.6 Å². The molecule has 2 aliphatic rings. The van der Waals surface area contributed by atoms with Gasteiger partial charge in [-0.15, -0.1) is 0 Å². The van der Waals surface area contributed by atoms with Gasteiger partial charge >= 0.3 is 0 Å². The molecule has 0 bridgehead atoms. The Balaban J connectivity index is 1.62. The molecule has 1 aromatic carbocycles. The standard InChI is InChI=1S/C15H21ClN2/c1-18(10-11-4-2-3-5-15(11)16)14-6-12-8-17-9-13(12)7-14/h2-5,12-14,17H,6-10H2,1H3/t12-,13+,14?. The average molecular weight is 265 g/mol. The zero-order valence-corrected chi connectivity index (χ0v) is 11.7. The van der Waals surface area contributed by atoms with Crippen LogP contribution in [-0.4, -0.2) is 31.1 Å². The normalized spacial score (nSPS) is 30.9. The van der Waals surface area contributed by atoms with Crippen molar-refractivity contribution in [3.8, 4) is 0 Å². The molecule has 2 nitrogen and oxygen atoms in total. The van der Waals surface area contributed by atoms with Gasteiger partial charge in [0, 0.05) is 17.6 Å². The first-order valence-electron chi connectivity index (χ1n) is 6.88. The van der Waals surface area contributed by atoms with Gasteiger partial charge in [-0.2, -0.15) is 0 Å². The Labute approximate surface area is 114 Å². The van der Waals surface area contributed by atoms with E-state index in [2.05, 4.69) is 29.4 Å². The Bertz CT molecular complexity index is 409. The lowest BCUT2D eigenvalue weighted by atomic mass is 10.0. The second-order valence-corrected chi connectivity index (χ2v) is 6.22. The van der Waals surface area contributed by atoms with Gasteiger partial charge in [0.2, 0.25) is 0 Å². The summed E-state index contributed by atoms with van der Waals surface area (Å²) in [5, 5.41) is 4.40. The predicted octanol–water partition coefficient (Wildman–Crippen LogP) is 2.77. The van der Waals surface area contributed by atoms with E-state index in [1.165, 1.54) is 31.5 Å². The van der Waals surface area contributed by atoms with Crippen LogP contribution in [0.15, 0.2) is 24.3 Å². The van der Waals surface area contributed by atoms with Gasteiger partial charge in [0.1, 0.15) is 0 Å². The molecule has 1 aromatic rings. The van der Waals surface area contributed by atoms with Gasteiger partial charge < -0.3 is 5.32 Å². The molecular formula is C15H21ClN2. The number of hydrogen-bond donors (Lipinski definition) is 1. The number of fused-ring (bicyclic) bond motifs is 1. The maximum atomic E-state index is 6.23. The summed E-state index contributed by atoms with van der Waals surface area (Å²) >= 11 is 6.23. The molecule has 1 saturated heterocycles. The van der Waals surface area contributed by atoms with Crippen molar-refractivity contribution in [1.82, 2.24) is 10.2 Å². The Hall–Kier alpha value is -0.570. The summed E-state index contributed by atoms with van der Waals surface area (Å²) in [6.45, 7) is 3.42. The molecule has 0 radical (unpaired) electrons. The van der Waals surface area contributed by atoms with E-state index >= 15 is 0 Å². The Morgan fingerprint density at radius 1 is 1.22 bits per heavy atom. The SMILES string of the molecule is CN(Cc1ccccc1Cl)C1C[C@H]2CNC[C@H]2C1. The molecule has 3 heteroatoms. The van der Waals surface area contributed by atoms with E-state index in [1.807, 2.05) is 12.1 Å². The quantitative estimate of drug-likeness (QED) is 0.903. The molecule has 3 atom stereocenters. The summed E-state index contributed by atoms with van der Waals surface area (Å²) in [7, 11) is 2.24. The molecule has 2 fully saturated rings. The van der Waals surface area contributed by atoms with Crippen molar-refractivity contribution in [3.63, 3.8) is 0 Å². The van der Waals surface area contributed by atoms with E-state index in [9.17, 15) is 0 Å². The largest absolute Gasteiger partial charge is 0.316 e. The van der Waals surface area contributed by atoms with Crippen LogP contribution in [0.3, 0.4) is 0 Å². The van der Waals surface area contributed by atoms with Crippen LogP contribution in [0.1, 0.15) is 18.4 Å². The molecular weight excluding hydrogens is 244 g/mol. The molecule has 18 heavy (non-hydrogen) atoms. The third-order valence-electron chi connectivity index (χ3n) is 4.63. The molecule has 0 aromatic heterocycles. The third kappa shape index (κ3) is 2.42. The number of halogens is 1. The van der Waals surface area contributed by atoms with Gasteiger partial charge in [-0.3, -0.25) is 4.90 Å².